The van der Waals surface area contributed by atoms with E-state index >= 15 is 0 Å². The van der Waals surface area contributed by atoms with E-state index < -0.39 is 0 Å². The number of hydrogen-bond acceptors (Lipinski definition) is 1. The van der Waals surface area contributed by atoms with Gasteiger partial charge in [0.1, 0.15) is 12.4 Å². The molecule has 4 rings (SSSR count). The van der Waals surface area contributed by atoms with Crippen molar-refractivity contribution in [2.45, 2.75) is 20.5 Å². The molecular formula is C25H21BrO. The summed E-state index contributed by atoms with van der Waals surface area (Å²) in [5, 5.41) is 2.30. The minimum Gasteiger partial charge on any atom is -0.488 e. The Morgan fingerprint density at radius 2 is 1.52 bits per heavy atom. The molecule has 2 heteroatoms. The van der Waals surface area contributed by atoms with Crippen LogP contribution in [0.25, 0.3) is 21.9 Å². The zero-order chi connectivity index (χ0) is 18.8. The highest BCUT2D eigenvalue weighted by molar-refractivity contribution is 9.10. The number of aryl methyl sites for hydroxylation is 2. The Morgan fingerprint density at radius 1 is 0.778 bits per heavy atom. The number of benzene rings is 4. The molecule has 1 nitrogen and oxygen atoms in total. The van der Waals surface area contributed by atoms with Crippen LogP contribution in [0.15, 0.2) is 83.3 Å². The van der Waals surface area contributed by atoms with Crippen molar-refractivity contribution >= 4 is 26.7 Å². The summed E-state index contributed by atoms with van der Waals surface area (Å²) in [6, 6.07) is 27.6. The van der Waals surface area contributed by atoms with Crippen molar-refractivity contribution in [2.75, 3.05) is 0 Å². The molecule has 0 aliphatic heterocycles. The second-order valence-corrected chi connectivity index (χ2v) is 7.75. The first-order valence-electron chi connectivity index (χ1n) is 9.08. The molecule has 0 aliphatic carbocycles. The molecule has 0 heterocycles. The topological polar surface area (TPSA) is 9.23 Å². The molecule has 0 spiro atoms. The lowest BCUT2D eigenvalue weighted by Gasteiger charge is -2.14. The van der Waals surface area contributed by atoms with Crippen LogP contribution >= 0.6 is 15.9 Å². The van der Waals surface area contributed by atoms with E-state index in [0.717, 1.165) is 15.6 Å². The Hall–Kier alpha value is -2.58. The first-order chi connectivity index (χ1) is 13.1. The molecule has 0 unspecified atom stereocenters. The summed E-state index contributed by atoms with van der Waals surface area (Å²) in [5.74, 6) is 0.913. The molecule has 4 aromatic carbocycles. The largest absolute Gasteiger partial charge is 0.488 e. The smallest absolute Gasteiger partial charge is 0.127 e. The molecule has 0 radical (unpaired) electrons. The molecule has 0 amide bonds. The normalized spacial score (nSPS) is 10.9. The van der Waals surface area contributed by atoms with Gasteiger partial charge in [-0.3, -0.25) is 0 Å². The Bertz CT molecular complexity index is 1080. The summed E-state index contributed by atoms with van der Waals surface area (Å²) in [7, 11) is 0. The average molecular weight is 417 g/mol. The van der Waals surface area contributed by atoms with Crippen molar-refractivity contribution in [3.8, 4) is 16.9 Å². The molecule has 27 heavy (non-hydrogen) atoms. The van der Waals surface area contributed by atoms with Crippen LogP contribution in [0.3, 0.4) is 0 Å². The highest BCUT2D eigenvalue weighted by atomic mass is 79.9. The maximum Gasteiger partial charge on any atom is 0.127 e. The quantitative estimate of drug-likeness (QED) is 0.335. The second-order valence-electron chi connectivity index (χ2n) is 6.90. The highest BCUT2D eigenvalue weighted by Gasteiger charge is 2.11. The van der Waals surface area contributed by atoms with Gasteiger partial charge < -0.3 is 4.74 Å². The lowest BCUT2D eigenvalue weighted by Crippen LogP contribution is -1.96. The minimum atomic E-state index is 0.566. The predicted octanol–water partition coefficient (Wildman–Crippen LogP) is 7.47. The van der Waals surface area contributed by atoms with E-state index in [4.69, 9.17) is 4.74 Å². The molecule has 0 aromatic heterocycles. The molecule has 0 saturated carbocycles. The van der Waals surface area contributed by atoms with Gasteiger partial charge in [-0.1, -0.05) is 76.1 Å². The van der Waals surface area contributed by atoms with Gasteiger partial charge in [0.15, 0.2) is 0 Å². The predicted molar refractivity (Wildman–Crippen MR) is 117 cm³/mol. The lowest BCUT2D eigenvalue weighted by atomic mass is 9.95. The maximum atomic E-state index is 6.16. The van der Waals surface area contributed by atoms with E-state index in [0.29, 0.717) is 6.61 Å². The van der Waals surface area contributed by atoms with Gasteiger partial charge in [-0.15, -0.1) is 0 Å². The van der Waals surface area contributed by atoms with Crippen LogP contribution in [0.5, 0.6) is 5.75 Å². The monoisotopic (exact) mass is 416 g/mol. The molecule has 0 atom stereocenters. The Morgan fingerprint density at radius 3 is 2.26 bits per heavy atom. The van der Waals surface area contributed by atoms with Crippen molar-refractivity contribution in [2.24, 2.45) is 0 Å². The molecule has 0 bridgehead atoms. The van der Waals surface area contributed by atoms with Crippen LogP contribution in [-0.2, 0) is 6.61 Å². The Balaban J connectivity index is 1.75. The first-order valence-corrected chi connectivity index (χ1v) is 9.88. The Labute approximate surface area is 168 Å². The van der Waals surface area contributed by atoms with E-state index in [1.165, 1.54) is 33.2 Å². The molecule has 134 valence electrons. The van der Waals surface area contributed by atoms with Gasteiger partial charge in [-0.05, 0) is 60.4 Å². The third-order valence-electron chi connectivity index (χ3n) is 4.87. The number of halogens is 1. The van der Waals surface area contributed by atoms with Crippen LogP contribution in [0.1, 0.15) is 16.7 Å². The van der Waals surface area contributed by atoms with Crippen LogP contribution in [-0.4, -0.2) is 0 Å². The summed E-state index contributed by atoms with van der Waals surface area (Å²) >= 11 is 3.71. The van der Waals surface area contributed by atoms with E-state index in [9.17, 15) is 0 Å². The fourth-order valence-electron chi connectivity index (χ4n) is 3.34. The summed E-state index contributed by atoms with van der Waals surface area (Å²) in [5.41, 5.74) is 6.18. The van der Waals surface area contributed by atoms with Crippen molar-refractivity contribution in [1.82, 2.24) is 0 Å². The molecule has 0 saturated heterocycles. The van der Waals surface area contributed by atoms with Gasteiger partial charge in [0, 0.05) is 15.2 Å². The standard InChI is InChI=1S/C25H21BrO/c1-17-8-10-20(11-9-17)21-15-22-23(14-18(21)2)25(13-12-24(22)26)27-16-19-6-4-3-5-7-19/h3-15H,16H2,1-2H3. The zero-order valence-corrected chi connectivity index (χ0v) is 17.1. The number of hydrogen-bond donors (Lipinski definition) is 0. The zero-order valence-electron chi connectivity index (χ0n) is 15.5. The van der Waals surface area contributed by atoms with Crippen LogP contribution < -0.4 is 4.74 Å². The van der Waals surface area contributed by atoms with Crippen molar-refractivity contribution in [1.29, 1.82) is 0 Å². The van der Waals surface area contributed by atoms with E-state index in [2.05, 4.69) is 84.4 Å². The van der Waals surface area contributed by atoms with Gasteiger partial charge in [0.05, 0.1) is 0 Å². The van der Waals surface area contributed by atoms with Gasteiger partial charge in [0.25, 0.3) is 0 Å². The summed E-state index contributed by atoms with van der Waals surface area (Å²) in [6.45, 7) is 4.84. The molecule has 4 aromatic rings. The molecular weight excluding hydrogens is 396 g/mol. The second kappa shape index (κ2) is 7.58. The van der Waals surface area contributed by atoms with Gasteiger partial charge >= 0.3 is 0 Å². The van der Waals surface area contributed by atoms with E-state index in [-0.39, 0.29) is 0 Å². The fourth-order valence-corrected chi connectivity index (χ4v) is 3.80. The van der Waals surface area contributed by atoms with E-state index in [1.807, 2.05) is 24.3 Å². The molecule has 0 fully saturated rings. The van der Waals surface area contributed by atoms with Gasteiger partial charge in [-0.2, -0.15) is 0 Å². The fraction of sp³-hybridized carbons (Fsp3) is 0.120. The third kappa shape index (κ3) is 3.77. The SMILES string of the molecule is Cc1ccc(-c2cc3c(Br)ccc(OCc4ccccc4)c3cc2C)cc1. The van der Waals surface area contributed by atoms with Crippen LogP contribution in [0, 0.1) is 13.8 Å². The van der Waals surface area contributed by atoms with Crippen molar-refractivity contribution < 1.29 is 4.74 Å². The third-order valence-corrected chi connectivity index (χ3v) is 5.56. The number of fused-ring (bicyclic) bond motifs is 1. The summed E-state index contributed by atoms with van der Waals surface area (Å²) < 4.78 is 7.24. The Kier molecular flexibility index (Phi) is 5.00. The number of rotatable bonds is 4. The highest BCUT2D eigenvalue weighted by Crippen LogP contribution is 2.37. The summed E-state index contributed by atoms with van der Waals surface area (Å²) in [6.07, 6.45) is 0. The average Bonchev–Trinajstić information content (AvgIpc) is 2.69. The van der Waals surface area contributed by atoms with Crippen molar-refractivity contribution in [3.05, 3.63) is 100 Å². The molecule has 0 aliphatic rings. The van der Waals surface area contributed by atoms with Gasteiger partial charge in [0.2, 0.25) is 0 Å². The maximum absolute atomic E-state index is 6.16. The first kappa shape index (κ1) is 17.8. The summed E-state index contributed by atoms with van der Waals surface area (Å²) in [4.78, 5) is 0. The van der Waals surface area contributed by atoms with E-state index in [1.54, 1.807) is 0 Å². The molecule has 0 N–H and O–H groups in total. The van der Waals surface area contributed by atoms with Gasteiger partial charge in [-0.25, -0.2) is 0 Å². The van der Waals surface area contributed by atoms with Crippen LogP contribution in [0.4, 0.5) is 0 Å². The minimum absolute atomic E-state index is 0.566. The van der Waals surface area contributed by atoms with Crippen molar-refractivity contribution in [3.63, 3.8) is 0 Å². The lowest BCUT2D eigenvalue weighted by molar-refractivity contribution is 0.310. The number of ether oxygens (including phenoxy) is 1. The van der Waals surface area contributed by atoms with Crippen LogP contribution in [0.2, 0.25) is 0 Å².